The lowest BCUT2D eigenvalue weighted by atomic mass is 10.1. The van der Waals surface area contributed by atoms with E-state index in [-0.39, 0.29) is 24.5 Å². The van der Waals surface area contributed by atoms with Crippen molar-refractivity contribution in [2.24, 2.45) is 5.73 Å². The van der Waals surface area contributed by atoms with E-state index in [1.165, 1.54) is 0 Å². The van der Waals surface area contributed by atoms with Crippen LogP contribution in [0.2, 0.25) is 0 Å². The van der Waals surface area contributed by atoms with E-state index >= 15 is 0 Å². The second-order valence-corrected chi connectivity index (χ2v) is 4.23. The summed E-state index contributed by atoms with van der Waals surface area (Å²) in [5.41, 5.74) is 6.65. The summed E-state index contributed by atoms with van der Waals surface area (Å²) in [6.45, 7) is 0. The fourth-order valence-corrected chi connectivity index (χ4v) is 2.04. The van der Waals surface area contributed by atoms with E-state index in [9.17, 15) is 4.79 Å². The standard InChI is InChI=1S/C13H17NO2.ClH/c14-12(10-6-2-1-3-7-10)13(15)16-11-8-4-5-9-11;/h1-3,6-7,11-12H,4-5,8-9,14H2;1H/t12-;/m0./s1. The molecule has 3 nitrogen and oxygen atoms in total. The number of esters is 1. The quantitative estimate of drug-likeness (QED) is 0.845. The Morgan fingerprint density at radius 2 is 1.82 bits per heavy atom. The van der Waals surface area contributed by atoms with Crippen molar-refractivity contribution in [3.8, 4) is 0 Å². The molecule has 1 atom stereocenters. The molecule has 0 aromatic heterocycles. The van der Waals surface area contributed by atoms with Crippen LogP contribution in [0.4, 0.5) is 0 Å². The normalized spacial score (nSPS) is 17.2. The lowest BCUT2D eigenvalue weighted by Crippen LogP contribution is -2.27. The Labute approximate surface area is 108 Å². The number of nitrogens with two attached hydrogens (primary N) is 1. The molecule has 1 fully saturated rings. The molecule has 1 saturated carbocycles. The lowest BCUT2D eigenvalue weighted by molar-refractivity contribution is -0.150. The fourth-order valence-electron chi connectivity index (χ4n) is 2.04. The number of ether oxygens (including phenoxy) is 1. The van der Waals surface area contributed by atoms with Gasteiger partial charge in [-0.15, -0.1) is 12.4 Å². The topological polar surface area (TPSA) is 52.3 Å². The number of carbonyl (C=O) groups excluding carboxylic acids is 1. The zero-order chi connectivity index (χ0) is 11.4. The van der Waals surface area contributed by atoms with Gasteiger partial charge in [-0.25, -0.2) is 4.79 Å². The van der Waals surface area contributed by atoms with Gasteiger partial charge < -0.3 is 10.5 Å². The van der Waals surface area contributed by atoms with E-state index in [2.05, 4.69) is 0 Å². The summed E-state index contributed by atoms with van der Waals surface area (Å²) >= 11 is 0. The maximum atomic E-state index is 11.8. The minimum atomic E-state index is -0.651. The summed E-state index contributed by atoms with van der Waals surface area (Å²) < 4.78 is 5.36. The molecule has 0 amide bonds. The Bertz CT molecular complexity index is 350. The van der Waals surface area contributed by atoms with Crippen LogP contribution in [-0.4, -0.2) is 12.1 Å². The Morgan fingerprint density at radius 3 is 2.41 bits per heavy atom. The second kappa shape index (κ2) is 6.62. The molecule has 0 unspecified atom stereocenters. The van der Waals surface area contributed by atoms with Crippen LogP contribution in [0.1, 0.15) is 37.3 Å². The van der Waals surface area contributed by atoms with Crippen LogP contribution >= 0.6 is 12.4 Å². The van der Waals surface area contributed by atoms with Crippen molar-refractivity contribution in [3.05, 3.63) is 35.9 Å². The SMILES string of the molecule is Cl.N[C@H](C(=O)OC1CCCC1)c1ccccc1. The minimum absolute atomic E-state index is 0. The lowest BCUT2D eigenvalue weighted by Gasteiger charge is -2.15. The molecule has 94 valence electrons. The maximum Gasteiger partial charge on any atom is 0.327 e. The third-order valence-electron chi connectivity index (χ3n) is 3.00. The van der Waals surface area contributed by atoms with Crippen LogP contribution in [0.5, 0.6) is 0 Å². The number of benzene rings is 1. The van der Waals surface area contributed by atoms with Gasteiger partial charge in [0.25, 0.3) is 0 Å². The van der Waals surface area contributed by atoms with Crippen LogP contribution in [0, 0.1) is 0 Å². The molecule has 1 aromatic carbocycles. The first-order valence-corrected chi connectivity index (χ1v) is 5.78. The molecule has 0 heterocycles. The average Bonchev–Trinajstić information content (AvgIpc) is 2.82. The Hall–Kier alpha value is -1.06. The average molecular weight is 256 g/mol. The van der Waals surface area contributed by atoms with Crippen molar-refractivity contribution < 1.29 is 9.53 Å². The summed E-state index contributed by atoms with van der Waals surface area (Å²) in [6.07, 6.45) is 4.35. The van der Waals surface area contributed by atoms with Crippen molar-refractivity contribution in [3.63, 3.8) is 0 Å². The molecule has 0 saturated heterocycles. The highest BCUT2D eigenvalue weighted by Gasteiger charge is 2.23. The van der Waals surface area contributed by atoms with Gasteiger partial charge >= 0.3 is 5.97 Å². The van der Waals surface area contributed by atoms with Crippen LogP contribution in [0.25, 0.3) is 0 Å². The first-order valence-electron chi connectivity index (χ1n) is 5.78. The maximum absolute atomic E-state index is 11.8. The monoisotopic (exact) mass is 255 g/mol. The molecule has 17 heavy (non-hydrogen) atoms. The van der Waals surface area contributed by atoms with E-state index in [0.717, 1.165) is 31.2 Å². The smallest absolute Gasteiger partial charge is 0.327 e. The molecule has 2 rings (SSSR count). The first-order chi connectivity index (χ1) is 7.77. The van der Waals surface area contributed by atoms with Gasteiger partial charge in [-0.3, -0.25) is 0 Å². The molecular weight excluding hydrogens is 238 g/mol. The molecule has 0 spiro atoms. The number of carbonyl (C=O) groups is 1. The van der Waals surface area contributed by atoms with Crippen molar-refractivity contribution in [1.29, 1.82) is 0 Å². The summed E-state index contributed by atoms with van der Waals surface area (Å²) in [6, 6.07) is 8.69. The summed E-state index contributed by atoms with van der Waals surface area (Å²) in [7, 11) is 0. The zero-order valence-electron chi connectivity index (χ0n) is 9.67. The van der Waals surface area contributed by atoms with Crippen LogP contribution in [-0.2, 0) is 9.53 Å². The second-order valence-electron chi connectivity index (χ2n) is 4.23. The van der Waals surface area contributed by atoms with Crippen molar-refractivity contribution in [1.82, 2.24) is 0 Å². The molecule has 1 aliphatic rings. The fraction of sp³-hybridized carbons (Fsp3) is 0.462. The van der Waals surface area contributed by atoms with Crippen molar-refractivity contribution in [2.75, 3.05) is 0 Å². The Balaban J connectivity index is 0.00000144. The highest BCUT2D eigenvalue weighted by Crippen LogP contribution is 2.23. The zero-order valence-corrected chi connectivity index (χ0v) is 10.5. The molecule has 0 radical (unpaired) electrons. The molecule has 1 aromatic rings. The van der Waals surface area contributed by atoms with E-state index < -0.39 is 6.04 Å². The predicted molar refractivity (Wildman–Crippen MR) is 69.0 cm³/mol. The third kappa shape index (κ3) is 3.72. The van der Waals surface area contributed by atoms with Gasteiger partial charge in [0.15, 0.2) is 0 Å². The van der Waals surface area contributed by atoms with Gasteiger partial charge in [-0.1, -0.05) is 30.3 Å². The summed E-state index contributed by atoms with van der Waals surface area (Å²) in [5.74, 6) is -0.307. The van der Waals surface area contributed by atoms with Crippen molar-refractivity contribution >= 4 is 18.4 Å². The minimum Gasteiger partial charge on any atom is -0.461 e. The number of rotatable bonds is 3. The highest BCUT2D eigenvalue weighted by atomic mass is 35.5. The van der Waals surface area contributed by atoms with E-state index in [0.29, 0.717) is 0 Å². The van der Waals surface area contributed by atoms with Gasteiger partial charge in [-0.05, 0) is 31.2 Å². The van der Waals surface area contributed by atoms with Gasteiger partial charge in [-0.2, -0.15) is 0 Å². The highest BCUT2D eigenvalue weighted by molar-refractivity contribution is 5.85. The largest absolute Gasteiger partial charge is 0.461 e. The molecule has 1 aliphatic carbocycles. The van der Waals surface area contributed by atoms with E-state index in [1.54, 1.807) is 0 Å². The van der Waals surface area contributed by atoms with Gasteiger partial charge in [0.2, 0.25) is 0 Å². The molecule has 0 bridgehead atoms. The summed E-state index contributed by atoms with van der Waals surface area (Å²) in [5, 5.41) is 0. The third-order valence-corrected chi connectivity index (χ3v) is 3.00. The Kier molecular flexibility index (Phi) is 5.45. The molecular formula is C13H18ClNO2. The van der Waals surface area contributed by atoms with Crippen molar-refractivity contribution in [2.45, 2.75) is 37.8 Å². The van der Waals surface area contributed by atoms with Crippen LogP contribution in [0.3, 0.4) is 0 Å². The molecule has 2 N–H and O–H groups in total. The van der Waals surface area contributed by atoms with Crippen LogP contribution in [0.15, 0.2) is 30.3 Å². The predicted octanol–water partition coefficient (Wildman–Crippen LogP) is 2.59. The van der Waals surface area contributed by atoms with Gasteiger partial charge in [0.05, 0.1) is 0 Å². The molecule has 0 aliphatic heterocycles. The number of hydrogen-bond acceptors (Lipinski definition) is 3. The molecule has 4 heteroatoms. The van der Waals surface area contributed by atoms with Gasteiger partial charge in [0, 0.05) is 0 Å². The van der Waals surface area contributed by atoms with E-state index in [1.807, 2.05) is 30.3 Å². The van der Waals surface area contributed by atoms with Gasteiger partial charge in [0.1, 0.15) is 12.1 Å². The first kappa shape index (κ1) is 14.0. The Morgan fingerprint density at radius 1 is 1.24 bits per heavy atom. The van der Waals surface area contributed by atoms with Crippen LogP contribution < -0.4 is 5.73 Å². The summed E-state index contributed by atoms with van der Waals surface area (Å²) in [4.78, 5) is 11.8. The van der Waals surface area contributed by atoms with E-state index in [4.69, 9.17) is 10.5 Å². The number of hydrogen-bond donors (Lipinski definition) is 1. The number of halogens is 1.